The second-order valence-corrected chi connectivity index (χ2v) is 19.2. The van der Waals surface area contributed by atoms with Crippen LogP contribution in [0.15, 0.2) is 60.7 Å². The van der Waals surface area contributed by atoms with Gasteiger partial charge < -0.3 is 38.4 Å². The number of benzene rings is 2. The first kappa shape index (κ1) is 48.5. The molecule has 0 spiro atoms. The molecule has 348 valence electrons. The van der Waals surface area contributed by atoms with Crippen LogP contribution in [0.3, 0.4) is 0 Å². The van der Waals surface area contributed by atoms with Crippen molar-refractivity contribution in [2.24, 2.45) is 23.7 Å². The zero-order chi connectivity index (χ0) is 46.1. The van der Waals surface area contributed by atoms with E-state index in [4.69, 9.17) is 28.4 Å². The Morgan fingerprint density at radius 2 is 1.52 bits per heavy atom. The molecule has 0 bridgehead atoms. The molecule has 4 aliphatic heterocycles. The lowest BCUT2D eigenvalue weighted by Gasteiger charge is -2.51. The van der Waals surface area contributed by atoms with Gasteiger partial charge in [0.2, 0.25) is 0 Å². The van der Waals surface area contributed by atoms with Gasteiger partial charge in [-0.15, -0.1) is 0 Å². The lowest BCUT2D eigenvalue weighted by molar-refractivity contribution is -0.303. The largest absolute Gasteiger partial charge is 0.458 e. The first-order valence-corrected chi connectivity index (χ1v) is 22.7. The van der Waals surface area contributed by atoms with Crippen LogP contribution in [-0.2, 0) is 42.8 Å². The summed E-state index contributed by atoms with van der Waals surface area (Å²) in [6.07, 6.45) is -5.00. The number of ketones is 1. The van der Waals surface area contributed by atoms with Crippen LogP contribution in [0.1, 0.15) is 98.7 Å². The third-order valence-corrected chi connectivity index (χ3v) is 14.5. The molecule has 14 nitrogen and oxygen atoms in total. The molecule has 4 saturated heterocycles. The number of hydrogen-bond donors (Lipinski definition) is 1. The fraction of sp³-hybridized carbons (Fsp3) is 0.673. The minimum atomic E-state index is -1.41. The van der Waals surface area contributed by atoms with Gasteiger partial charge in [-0.1, -0.05) is 88.4 Å². The van der Waals surface area contributed by atoms with Gasteiger partial charge in [0, 0.05) is 44.9 Å². The van der Waals surface area contributed by atoms with E-state index in [0.29, 0.717) is 19.5 Å². The molecule has 1 N–H and O–H groups in total. The molecular weight excluding hydrogens is 807 g/mol. The van der Waals surface area contributed by atoms with Gasteiger partial charge in [-0.05, 0) is 72.2 Å². The van der Waals surface area contributed by atoms with Gasteiger partial charge in [0.15, 0.2) is 18.0 Å². The van der Waals surface area contributed by atoms with E-state index in [0.717, 1.165) is 11.1 Å². The van der Waals surface area contributed by atoms with E-state index in [9.17, 15) is 19.5 Å². The van der Waals surface area contributed by atoms with Gasteiger partial charge in [-0.2, -0.15) is 0 Å². The Hall–Kier alpha value is -3.92. The van der Waals surface area contributed by atoms with E-state index in [1.165, 1.54) is 14.0 Å². The second-order valence-electron chi connectivity index (χ2n) is 19.2. The molecule has 4 heterocycles. The van der Waals surface area contributed by atoms with Crippen LogP contribution in [0, 0.1) is 23.7 Å². The molecule has 0 saturated carbocycles. The summed E-state index contributed by atoms with van der Waals surface area (Å²) in [7, 11) is 5.33. The molecule has 2 aromatic rings. The van der Waals surface area contributed by atoms with Gasteiger partial charge in [-0.25, -0.2) is 4.79 Å². The van der Waals surface area contributed by atoms with Crippen LogP contribution in [0.25, 0.3) is 0 Å². The number of nitrogens with zero attached hydrogens (tertiary/aromatic N) is 3. The molecule has 2 aromatic carbocycles. The van der Waals surface area contributed by atoms with E-state index in [1.807, 2.05) is 90.0 Å². The quantitative estimate of drug-likeness (QED) is 0.219. The number of carbonyl (C=O) groups excluding carboxylic acids is 4. The molecule has 63 heavy (non-hydrogen) atoms. The molecule has 4 aliphatic rings. The zero-order valence-corrected chi connectivity index (χ0v) is 39.3. The normalized spacial score (nSPS) is 37.5. The van der Waals surface area contributed by atoms with Crippen LogP contribution >= 0.6 is 0 Å². The topological polar surface area (TPSA) is 154 Å². The Morgan fingerprint density at radius 3 is 2.05 bits per heavy atom. The maximum absolute atomic E-state index is 15.1. The number of rotatable bonds is 10. The minimum Gasteiger partial charge on any atom is -0.458 e. The highest BCUT2D eigenvalue weighted by atomic mass is 16.7. The maximum Gasteiger partial charge on any atom is 0.411 e. The van der Waals surface area contributed by atoms with Gasteiger partial charge in [-0.3, -0.25) is 24.2 Å². The Bertz CT molecular complexity index is 1860. The fourth-order valence-electron chi connectivity index (χ4n) is 11.0. The van der Waals surface area contributed by atoms with Gasteiger partial charge >= 0.3 is 18.0 Å². The first-order valence-electron chi connectivity index (χ1n) is 22.7. The van der Waals surface area contributed by atoms with Gasteiger partial charge in [0.25, 0.3) is 0 Å². The average Bonchev–Trinajstić information content (AvgIpc) is 3.51. The van der Waals surface area contributed by atoms with Crippen molar-refractivity contribution in [2.75, 3.05) is 34.3 Å². The van der Waals surface area contributed by atoms with E-state index in [1.54, 1.807) is 25.7 Å². The van der Waals surface area contributed by atoms with Crippen LogP contribution < -0.4 is 0 Å². The second kappa shape index (κ2) is 19.7. The number of fused-ring (bicyclic) bond motifs is 1. The summed E-state index contributed by atoms with van der Waals surface area (Å²) < 4.78 is 38.1. The summed E-state index contributed by atoms with van der Waals surface area (Å²) in [5.41, 5.74) is -0.406. The molecular formula is C49H71N3O11. The molecule has 14 heteroatoms. The number of hydrogen-bond acceptors (Lipinski definition) is 13. The Labute approximate surface area is 373 Å². The molecule has 0 aromatic heterocycles. The lowest BCUT2D eigenvalue weighted by Crippen LogP contribution is -2.66. The third kappa shape index (κ3) is 9.72. The number of likely N-dealkylation sites (N-methyl/N-ethyl adjacent to an activating group) is 1. The third-order valence-electron chi connectivity index (χ3n) is 14.5. The predicted molar refractivity (Wildman–Crippen MR) is 235 cm³/mol. The summed E-state index contributed by atoms with van der Waals surface area (Å²) >= 11 is 0. The molecule has 6 rings (SSSR count). The minimum absolute atomic E-state index is 0.0569. The van der Waals surface area contributed by atoms with Crippen molar-refractivity contribution < 1.29 is 52.7 Å². The lowest BCUT2D eigenvalue weighted by atomic mass is 9.72. The van der Waals surface area contributed by atoms with Crippen molar-refractivity contribution in [2.45, 2.75) is 154 Å². The van der Waals surface area contributed by atoms with Crippen LogP contribution in [0.5, 0.6) is 0 Å². The molecule has 0 radical (unpaired) electrons. The number of cyclic esters (lactones) is 1. The highest BCUT2D eigenvalue weighted by molar-refractivity contribution is 5.85. The highest BCUT2D eigenvalue weighted by Crippen LogP contribution is 2.46. The van der Waals surface area contributed by atoms with Crippen molar-refractivity contribution >= 4 is 23.8 Å². The van der Waals surface area contributed by atoms with Crippen LogP contribution in [-0.4, -0.2) is 144 Å². The van der Waals surface area contributed by atoms with E-state index < -0.39 is 89.7 Å². The van der Waals surface area contributed by atoms with Crippen molar-refractivity contribution in [1.29, 1.82) is 0 Å². The summed E-state index contributed by atoms with van der Waals surface area (Å²) in [5.74, 6) is -4.58. The molecule has 0 aliphatic carbocycles. The number of aliphatic hydroxyl groups is 1. The monoisotopic (exact) mass is 878 g/mol. The van der Waals surface area contributed by atoms with E-state index >= 15 is 4.79 Å². The number of likely N-dealkylation sites (tertiary alicyclic amines) is 1. The van der Waals surface area contributed by atoms with Crippen molar-refractivity contribution in [3.8, 4) is 0 Å². The summed E-state index contributed by atoms with van der Waals surface area (Å²) in [4.78, 5) is 62.2. The molecule has 14 atom stereocenters. The molecule has 0 unspecified atom stereocenters. The van der Waals surface area contributed by atoms with Crippen molar-refractivity contribution in [3.05, 3.63) is 71.8 Å². The van der Waals surface area contributed by atoms with Crippen LogP contribution in [0.4, 0.5) is 4.79 Å². The Morgan fingerprint density at radius 1 is 0.937 bits per heavy atom. The first-order chi connectivity index (χ1) is 29.8. The van der Waals surface area contributed by atoms with Gasteiger partial charge in [0.1, 0.15) is 11.9 Å². The number of aliphatic hydroxyl groups excluding tert-OH is 1. The summed E-state index contributed by atoms with van der Waals surface area (Å²) in [6.45, 7) is 16.8. The standard InChI is InChI=1S/C49H71N3O11/c1-13-38-49(9)43(52(47(57)63-49)36-26-51(27-36)39(34-20-16-14-17-21-34)35-22-18-15-19-23-35)30(4)40(54)28(2)25-48(8,58-12)44(31(5)41(55)32(6)45(56)61-38)62-46-42(60-33(7)53)37(50(10)11)24-29(3)59-46/h14-23,28-32,36-39,41-44,46,55H,13,24-27H2,1-12H3/t28-,29-,30+,31+,32-,37+,38-,41+,42-,43-,44-,46+,48-,49-/m1/s1. The molecule has 4 fully saturated rings. The maximum atomic E-state index is 15.1. The Balaban J connectivity index is 1.36. The zero-order valence-electron chi connectivity index (χ0n) is 39.3. The van der Waals surface area contributed by atoms with Crippen molar-refractivity contribution in [1.82, 2.24) is 14.7 Å². The number of carbonyl (C=O) groups is 4. The predicted octanol–water partition coefficient (Wildman–Crippen LogP) is 6.03. The number of methoxy groups -OCH3 is 1. The smallest absolute Gasteiger partial charge is 0.411 e. The summed E-state index contributed by atoms with van der Waals surface area (Å²) in [5, 5.41) is 12.1. The highest BCUT2D eigenvalue weighted by Gasteiger charge is 2.63. The fourth-order valence-corrected chi connectivity index (χ4v) is 11.0. The summed E-state index contributed by atoms with van der Waals surface area (Å²) in [6, 6.07) is 19.1. The van der Waals surface area contributed by atoms with Gasteiger partial charge in [0.05, 0.1) is 54.0 Å². The Kier molecular flexibility index (Phi) is 15.2. The number of Topliss-reactive ketones (excluding diaryl/α,β-unsaturated/α-hetero) is 1. The number of amides is 1. The molecule has 1 amide bonds. The van der Waals surface area contributed by atoms with E-state index in [-0.39, 0.29) is 42.9 Å². The van der Waals surface area contributed by atoms with E-state index in [2.05, 4.69) is 29.2 Å². The SMILES string of the molecule is CC[C@H]1OC(=O)[C@H](C)[C@@H](O)[C@H](C)[C@@H](O[C@@H]2O[C@H](C)C[C@H](N(C)C)[C@H]2OC(C)=O)[C@](C)(OC)C[C@@H](C)C(=O)[C@H](C)[C@H]2N(C3CN(C(c4ccccc4)c4ccccc4)C3)C(=O)O[C@]12C. The van der Waals surface area contributed by atoms with Crippen molar-refractivity contribution in [3.63, 3.8) is 0 Å². The number of ether oxygens (including phenoxy) is 6. The average molecular weight is 878 g/mol. The number of esters is 2. The van der Waals surface area contributed by atoms with Crippen LogP contribution in [0.2, 0.25) is 0 Å².